The fourth-order valence-electron chi connectivity index (χ4n) is 1.63. The number of aromatic nitrogens is 1. The summed E-state index contributed by atoms with van der Waals surface area (Å²) in [5, 5.41) is -0.200. The fraction of sp³-hybridized carbons (Fsp3) is 0.545. The van der Waals surface area contributed by atoms with Gasteiger partial charge in [-0.25, -0.2) is 9.37 Å². The van der Waals surface area contributed by atoms with Crippen molar-refractivity contribution in [2.45, 2.75) is 38.9 Å². The molecule has 2 rings (SSSR count). The maximum atomic E-state index is 14.0. The van der Waals surface area contributed by atoms with Gasteiger partial charge in [0, 0.05) is 5.46 Å². The first-order valence-corrected chi connectivity index (χ1v) is 6.68. The van der Waals surface area contributed by atoms with Crippen molar-refractivity contribution in [1.29, 1.82) is 0 Å². The first-order chi connectivity index (χ1) is 8.14. The highest BCUT2D eigenvalue weighted by Crippen LogP contribution is 2.37. The summed E-state index contributed by atoms with van der Waals surface area (Å²) in [6.45, 7) is 7.62. The number of hydrogen-bond acceptors (Lipinski definition) is 3. The first kappa shape index (κ1) is 14.2. The zero-order valence-corrected chi connectivity index (χ0v) is 12.9. The van der Waals surface area contributed by atoms with Crippen LogP contribution in [0, 0.1) is 5.82 Å². The van der Waals surface area contributed by atoms with Crippen LogP contribution in [0.15, 0.2) is 10.7 Å². The molecule has 2 heterocycles. The van der Waals surface area contributed by atoms with E-state index in [-0.39, 0.29) is 10.6 Å². The van der Waals surface area contributed by atoms with Gasteiger partial charge in [0.2, 0.25) is 0 Å². The second kappa shape index (κ2) is 4.44. The highest BCUT2D eigenvalue weighted by atomic mass is 79.9. The molecule has 1 saturated heterocycles. The molecule has 98 valence electrons. The molecule has 0 spiro atoms. The Balaban J connectivity index is 2.41. The minimum absolute atomic E-state index is 0.200. The molecule has 0 N–H and O–H groups in total. The van der Waals surface area contributed by atoms with Crippen molar-refractivity contribution >= 4 is 40.1 Å². The Kier molecular flexibility index (Phi) is 3.51. The normalized spacial score (nSPS) is 21.4. The van der Waals surface area contributed by atoms with Crippen molar-refractivity contribution in [3.05, 3.63) is 21.6 Å². The Bertz CT molecular complexity index is 482. The lowest BCUT2D eigenvalue weighted by molar-refractivity contribution is 0.00578. The molecule has 0 atom stereocenters. The average Bonchev–Trinajstić information content (AvgIpc) is 2.42. The molecule has 0 aliphatic carbocycles. The van der Waals surface area contributed by atoms with E-state index in [1.165, 1.54) is 6.07 Å². The summed E-state index contributed by atoms with van der Waals surface area (Å²) in [4.78, 5) is 3.77. The minimum atomic E-state index is -0.785. The number of nitrogens with zero attached hydrogens (tertiary/aromatic N) is 1. The van der Waals surface area contributed by atoms with Gasteiger partial charge in [0.25, 0.3) is 0 Å². The number of halogens is 3. The van der Waals surface area contributed by atoms with Gasteiger partial charge < -0.3 is 9.31 Å². The van der Waals surface area contributed by atoms with Crippen LogP contribution in [0.25, 0.3) is 0 Å². The van der Waals surface area contributed by atoms with Gasteiger partial charge in [0.05, 0.1) is 11.2 Å². The van der Waals surface area contributed by atoms with Crippen molar-refractivity contribution in [1.82, 2.24) is 4.98 Å². The van der Waals surface area contributed by atoms with Crippen LogP contribution in [-0.2, 0) is 9.31 Å². The Morgan fingerprint density at radius 3 is 2.28 bits per heavy atom. The SMILES string of the molecule is CC1(C)OB(c2cc(Br)nc(Cl)c2F)OC1(C)C. The largest absolute Gasteiger partial charge is 0.498 e. The summed E-state index contributed by atoms with van der Waals surface area (Å²) in [7, 11) is -0.785. The molecule has 0 bridgehead atoms. The summed E-state index contributed by atoms with van der Waals surface area (Å²) in [5.74, 6) is -0.613. The van der Waals surface area contributed by atoms with Gasteiger partial charge >= 0.3 is 7.12 Å². The lowest BCUT2D eigenvalue weighted by Gasteiger charge is -2.32. The summed E-state index contributed by atoms with van der Waals surface area (Å²) in [6.07, 6.45) is 0. The molecule has 3 nitrogen and oxygen atoms in total. The van der Waals surface area contributed by atoms with Crippen LogP contribution in [0.2, 0.25) is 5.15 Å². The van der Waals surface area contributed by atoms with E-state index in [1.807, 2.05) is 27.7 Å². The van der Waals surface area contributed by atoms with E-state index < -0.39 is 24.1 Å². The Labute approximate surface area is 119 Å². The third kappa shape index (κ3) is 2.31. The molecule has 1 aromatic rings. The van der Waals surface area contributed by atoms with E-state index in [4.69, 9.17) is 20.9 Å². The second-order valence-corrected chi connectivity index (χ2v) is 6.40. The smallest absolute Gasteiger partial charge is 0.399 e. The van der Waals surface area contributed by atoms with Gasteiger partial charge in [-0.3, -0.25) is 0 Å². The molecule has 18 heavy (non-hydrogen) atoms. The molecule has 0 unspecified atom stereocenters. The van der Waals surface area contributed by atoms with Gasteiger partial charge in [-0.2, -0.15) is 0 Å². The fourth-order valence-corrected chi connectivity index (χ4v) is 2.35. The maximum absolute atomic E-state index is 14.0. The highest BCUT2D eigenvalue weighted by molar-refractivity contribution is 9.10. The van der Waals surface area contributed by atoms with Crippen molar-refractivity contribution in [3.8, 4) is 0 Å². The molecule has 1 aromatic heterocycles. The molecular weight excluding hydrogens is 323 g/mol. The second-order valence-electron chi connectivity index (χ2n) is 5.23. The zero-order chi connectivity index (χ0) is 13.7. The number of pyridine rings is 1. The molecule has 0 radical (unpaired) electrons. The van der Waals surface area contributed by atoms with Crippen molar-refractivity contribution in [3.63, 3.8) is 0 Å². The van der Waals surface area contributed by atoms with Crippen LogP contribution in [0.3, 0.4) is 0 Å². The van der Waals surface area contributed by atoms with Gasteiger partial charge in [-0.15, -0.1) is 0 Å². The molecule has 0 amide bonds. The minimum Gasteiger partial charge on any atom is -0.399 e. The molecule has 1 aliphatic heterocycles. The van der Waals surface area contributed by atoms with E-state index >= 15 is 0 Å². The van der Waals surface area contributed by atoms with E-state index in [2.05, 4.69) is 20.9 Å². The van der Waals surface area contributed by atoms with E-state index in [9.17, 15) is 4.39 Å². The summed E-state index contributed by atoms with van der Waals surface area (Å²) >= 11 is 8.89. The van der Waals surface area contributed by atoms with Crippen LogP contribution in [-0.4, -0.2) is 23.3 Å². The maximum Gasteiger partial charge on any atom is 0.498 e. The Hall–Kier alpha value is -0.165. The summed E-state index contributed by atoms with van der Waals surface area (Å²) in [6, 6.07) is 1.52. The quantitative estimate of drug-likeness (QED) is 0.584. The topological polar surface area (TPSA) is 31.4 Å². The monoisotopic (exact) mass is 335 g/mol. The molecule has 1 aliphatic rings. The van der Waals surface area contributed by atoms with Crippen molar-refractivity contribution < 1.29 is 13.7 Å². The number of hydrogen-bond donors (Lipinski definition) is 0. The van der Waals surface area contributed by atoms with E-state index in [1.54, 1.807) is 0 Å². The molecule has 0 aromatic carbocycles. The van der Waals surface area contributed by atoms with Crippen molar-refractivity contribution in [2.24, 2.45) is 0 Å². The van der Waals surface area contributed by atoms with Crippen LogP contribution in [0.1, 0.15) is 27.7 Å². The molecule has 1 fully saturated rings. The highest BCUT2D eigenvalue weighted by Gasteiger charge is 2.52. The van der Waals surface area contributed by atoms with E-state index in [0.717, 1.165) is 0 Å². The predicted octanol–water partition coefficient (Wildman–Crippen LogP) is 2.94. The molecule has 0 saturated carbocycles. The van der Waals surface area contributed by atoms with Gasteiger partial charge in [-0.05, 0) is 49.7 Å². The third-order valence-electron chi connectivity index (χ3n) is 3.42. The van der Waals surface area contributed by atoms with Crippen LogP contribution in [0.4, 0.5) is 4.39 Å². The van der Waals surface area contributed by atoms with Gasteiger partial charge in [0.1, 0.15) is 4.60 Å². The number of rotatable bonds is 1. The molecule has 7 heteroatoms. The van der Waals surface area contributed by atoms with Crippen molar-refractivity contribution in [2.75, 3.05) is 0 Å². The zero-order valence-electron chi connectivity index (χ0n) is 10.6. The summed E-state index contributed by atoms with van der Waals surface area (Å²) in [5.41, 5.74) is -0.793. The van der Waals surface area contributed by atoms with Gasteiger partial charge in [0.15, 0.2) is 11.0 Å². The third-order valence-corrected chi connectivity index (χ3v) is 4.08. The first-order valence-electron chi connectivity index (χ1n) is 5.51. The standard InChI is InChI=1S/C11H13BBrClFNO2/c1-10(2)11(3,4)18-12(17-10)6-5-7(13)16-9(14)8(6)15/h5H,1-4H3. The van der Waals surface area contributed by atoms with Gasteiger partial charge in [-0.1, -0.05) is 11.6 Å². The Morgan fingerprint density at radius 1 is 1.28 bits per heavy atom. The van der Waals surface area contributed by atoms with Crippen LogP contribution in [0.5, 0.6) is 0 Å². The van der Waals surface area contributed by atoms with E-state index in [0.29, 0.717) is 4.60 Å². The predicted molar refractivity (Wildman–Crippen MR) is 72.6 cm³/mol. The lowest BCUT2D eigenvalue weighted by Crippen LogP contribution is -2.41. The van der Waals surface area contributed by atoms with Crippen LogP contribution < -0.4 is 5.46 Å². The molecular formula is C11H13BBrClFNO2. The van der Waals surface area contributed by atoms with Crippen LogP contribution >= 0.6 is 27.5 Å². The summed E-state index contributed by atoms with van der Waals surface area (Å²) < 4.78 is 25.9. The average molecular weight is 336 g/mol. The lowest BCUT2D eigenvalue weighted by atomic mass is 9.79. The Morgan fingerprint density at radius 2 is 1.78 bits per heavy atom.